The van der Waals surface area contributed by atoms with Gasteiger partial charge in [-0.3, -0.25) is 4.98 Å². The van der Waals surface area contributed by atoms with Gasteiger partial charge in [0.1, 0.15) is 0 Å². The van der Waals surface area contributed by atoms with E-state index < -0.39 is 0 Å². The van der Waals surface area contributed by atoms with Crippen molar-refractivity contribution < 1.29 is 0 Å². The van der Waals surface area contributed by atoms with E-state index in [4.69, 9.17) is 9.97 Å². The standard InChI is InChI=1S/C50H43N3/c1-49(2,3)36-24-33(25-37(30-36)50(4,5)6)34-28-45(52-46(29-34)41-19-12-18-40-39-17-10-11-20-44(39)53-48(40)41)35-26-42(31-14-8-7-9-15-31)38-22-21-32-16-13-23-51-47(32)43(38)27-35/h7-30,53H,1-6H3. The first kappa shape index (κ1) is 32.8. The van der Waals surface area contributed by atoms with Crippen LogP contribution >= 0.6 is 0 Å². The van der Waals surface area contributed by atoms with Crippen LogP contribution in [0.1, 0.15) is 52.7 Å². The Morgan fingerprint density at radius 1 is 0.453 bits per heavy atom. The number of H-pyrrole nitrogens is 1. The van der Waals surface area contributed by atoms with E-state index in [0.29, 0.717) is 0 Å². The van der Waals surface area contributed by atoms with Gasteiger partial charge in [0.25, 0.3) is 0 Å². The summed E-state index contributed by atoms with van der Waals surface area (Å²) in [6, 6.07) is 50.7. The van der Waals surface area contributed by atoms with Crippen molar-refractivity contribution in [3.05, 3.63) is 157 Å². The van der Waals surface area contributed by atoms with Crippen molar-refractivity contribution >= 4 is 43.5 Å². The van der Waals surface area contributed by atoms with Crippen LogP contribution in [-0.2, 0) is 10.8 Å². The lowest BCUT2D eigenvalue weighted by atomic mass is 9.79. The molecule has 258 valence electrons. The largest absolute Gasteiger partial charge is 0.354 e. The van der Waals surface area contributed by atoms with Crippen LogP contribution in [0, 0.1) is 0 Å². The molecule has 0 saturated carbocycles. The topological polar surface area (TPSA) is 41.6 Å². The molecule has 0 aliphatic heterocycles. The molecule has 6 aromatic carbocycles. The monoisotopic (exact) mass is 685 g/mol. The minimum atomic E-state index is -0.0123. The molecule has 0 unspecified atom stereocenters. The van der Waals surface area contributed by atoms with E-state index in [2.05, 4.69) is 180 Å². The van der Waals surface area contributed by atoms with Gasteiger partial charge in [-0.15, -0.1) is 0 Å². The minimum Gasteiger partial charge on any atom is -0.354 e. The van der Waals surface area contributed by atoms with E-state index in [9.17, 15) is 0 Å². The van der Waals surface area contributed by atoms with Crippen molar-refractivity contribution in [3.63, 3.8) is 0 Å². The molecule has 3 heterocycles. The Morgan fingerprint density at radius 3 is 1.92 bits per heavy atom. The summed E-state index contributed by atoms with van der Waals surface area (Å²) in [5, 5.41) is 5.84. The molecule has 3 nitrogen and oxygen atoms in total. The molecule has 0 atom stereocenters. The summed E-state index contributed by atoms with van der Waals surface area (Å²) in [5.41, 5.74) is 14.5. The van der Waals surface area contributed by atoms with Gasteiger partial charge in [-0.1, -0.05) is 145 Å². The molecule has 3 heteroatoms. The number of pyridine rings is 2. The maximum absolute atomic E-state index is 5.54. The van der Waals surface area contributed by atoms with E-state index >= 15 is 0 Å². The molecule has 53 heavy (non-hydrogen) atoms. The van der Waals surface area contributed by atoms with Gasteiger partial charge in [0, 0.05) is 44.4 Å². The van der Waals surface area contributed by atoms with Gasteiger partial charge < -0.3 is 4.98 Å². The van der Waals surface area contributed by atoms with Crippen molar-refractivity contribution in [1.29, 1.82) is 0 Å². The molecule has 9 aromatic rings. The average molecular weight is 686 g/mol. The molecule has 1 N–H and O–H groups in total. The second-order valence-electron chi connectivity index (χ2n) is 16.4. The van der Waals surface area contributed by atoms with Gasteiger partial charge in [0.15, 0.2) is 0 Å². The molecule has 3 aromatic heterocycles. The summed E-state index contributed by atoms with van der Waals surface area (Å²) in [7, 11) is 0. The Morgan fingerprint density at radius 2 is 1.15 bits per heavy atom. The zero-order valence-electron chi connectivity index (χ0n) is 31.3. The lowest BCUT2D eigenvalue weighted by Gasteiger charge is -2.26. The van der Waals surface area contributed by atoms with Crippen LogP contribution in [0.5, 0.6) is 0 Å². The van der Waals surface area contributed by atoms with Crippen LogP contribution in [0.4, 0.5) is 0 Å². The number of rotatable bonds is 4. The van der Waals surface area contributed by atoms with Gasteiger partial charge in [0.05, 0.1) is 22.4 Å². The van der Waals surface area contributed by atoms with E-state index in [1.165, 1.54) is 44.0 Å². The minimum absolute atomic E-state index is 0.0123. The fraction of sp³-hybridized carbons (Fsp3) is 0.160. The SMILES string of the molecule is CC(C)(C)c1cc(-c2cc(-c3cc(-c4ccccc4)c4ccc5cccnc5c4c3)nc(-c3cccc4c3[nH]c3ccccc34)c2)cc(C(C)(C)C)c1. The lowest BCUT2D eigenvalue weighted by Crippen LogP contribution is -2.16. The molecule has 0 aliphatic rings. The third kappa shape index (κ3) is 5.87. The van der Waals surface area contributed by atoms with Crippen molar-refractivity contribution in [3.8, 4) is 44.8 Å². The van der Waals surface area contributed by atoms with E-state index in [-0.39, 0.29) is 10.8 Å². The van der Waals surface area contributed by atoms with Crippen LogP contribution in [0.25, 0.3) is 88.2 Å². The van der Waals surface area contributed by atoms with Crippen LogP contribution in [0.15, 0.2) is 146 Å². The number of para-hydroxylation sites is 2. The van der Waals surface area contributed by atoms with Crippen molar-refractivity contribution in [2.75, 3.05) is 0 Å². The molecule has 0 fully saturated rings. The number of hydrogen-bond donors (Lipinski definition) is 1. The summed E-state index contributed by atoms with van der Waals surface area (Å²) in [5.74, 6) is 0. The highest BCUT2D eigenvalue weighted by molar-refractivity contribution is 6.13. The van der Waals surface area contributed by atoms with Crippen molar-refractivity contribution in [2.24, 2.45) is 0 Å². The zero-order valence-corrected chi connectivity index (χ0v) is 31.3. The first-order valence-electron chi connectivity index (χ1n) is 18.6. The fourth-order valence-corrected chi connectivity index (χ4v) is 7.71. The number of fused-ring (bicyclic) bond motifs is 6. The Kier molecular flexibility index (Phi) is 7.60. The maximum atomic E-state index is 5.54. The molecular formula is C50H43N3. The Labute approximate surface area is 311 Å². The average Bonchev–Trinajstić information content (AvgIpc) is 3.56. The number of nitrogens with zero attached hydrogens (tertiary/aromatic N) is 2. The van der Waals surface area contributed by atoms with Crippen LogP contribution in [0.3, 0.4) is 0 Å². The third-order valence-electron chi connectivity index (χ3n) is 10.7. The highest BCUT2D eigenvalue weighted by Gasteiger charge is 2.22. The zero-order chi connectivity index (χ0) is 36.5. The number of aromatic amines is 1. The third-order valence-corrected chi connectivity index (χ3v) is 10.7. The highest BCUT2D eigenvalue weighted by atomic mass is 14.7. The lowest BCUT2D eigenvalue weighted by molar-refractivity contribution is 0.569. The molecular weight excluding hydrogens is 643 g/mol. The molecule has 0 amide bonds. The molecule has 0 bridgehead atoms. The van der Waals surface area contributed by atoms with Gasteiger partial charge in [-0.25, -0.2) is 4.98 Å². The predicted molar refractivity (Wildman–Crippen MR) is 226 cm³/mol. The first-order valence-corrected chi connectivity index (χ1v) is 18.6. The molecule has 0 saturated heterocycles. The highest BCUT2D eigenvalue weighted by Crippen LogP contribution is 2.41. The summed E-state index contributed by atoms with van der Waals surface area (Å²) in [4.78, 5) is 14.2. The quantitative estimate of drug-likeness (QED) is 0.187. The summed E-state index contributed by atoms with van der Waals surface area (Å²) >= 11 is 0. The van der Waals surface area contributed by atoms with Crippen LogP contribution < -0.4 is 0 Å². The second kappa shape index (κ2) is 12.3. The molecule has 9 rings (SSSR count). The van der Waals surface area contributed by atoms with Crippen molar-refractivity contribution in [2.45, 2.75) is 52.4 Å². The van der Waals surface area contributed by atoms with E-state index in [1.54, 1.807) is 0 Å². The summed E-state index contributed by atoms with van der Waals surface area (Å²) in [6.07, 6.45) is 1.89. The smallest absolute Gasteiger partial charge is 0.0780 e. The second-order valence-corrected chi connectivity index (χ2v) is 16.4. The maximum Gasteiger partial charge on any atom is 0.0780 e. The van der Waals surface area contributed by atoms with Gasteiger partial charge >= 0.3 is 0 Å². The number of nitrogens with one attached hydrogen (secondary N) is 1. The van der Waals surface area contributed by atoms with Gasteiger partial charge in [0.2, 0.25) is 0 Å². The first-order chi connectivity index (χ1) is 25.5. The predicted octanol–water partition coefficient (Wildman–Crippen LogP) is 13.7. The Hall–Kier alpha value is -6.06. The Bertz CT molecular complexity index is 2810. The Balaban J connectivity index is 1.37. The molecule has 0 spiro atoms. The van der Waals surface area contributed by atoms with Gasteiger partial charge in [-0.2, -0.15) is 0 Å². The van der Waals surface area contributed by atoms with Crippen molar-refractivity contribution in [1.82, 2.24) is 15.0 Å². The summed E-state index contributed by atoms with van der Waals surface area (Å²) in [6.45, 7) is 13.8. The van der Waals surface area contributed by atoms with E-state index in [0.717, 1.165) is 55.4 Å². The van der Waals surface area contributed by atoms with Crippen LogP contribution in [-0.4, -0.2) is 15.0 Å². The fourth-order valence-electron chi connectivity index (χ4n) is 7.71. The van der Waals surface area contributed by atoms with Gasteiger partial charge in [-0.05, 0) is 86.0 Å². The number of aromatic nitrogens is 3. The summed E-state index contributed by atoms with van der Waals surface area (Å²) < 4.78 is 0. The van der Waals surface area contributed by atoms with E-state index in [1.807, 2.05) is 12.3 Å². The normalized spacial score (nSPS) is 12.3. The molecule has 0 radical (unpaired) electrons. The number of hydrogen-bond acceptors (Lipinski definition) is 2. The van der Waals surface area contributed by atoms with Crippen LogP contribution in [0.2, 0.25) is 0 Å². The molecule has 0 aliphatic carbocycles. The number of benzene rings is 6.